The molecule has 3 nitrogen and oxygen atoms in total. The lowest BCUT2D eigenvalue weighted by Gasteiger charge is -2.49. The van der Waals surface area contributed by atoms with Crippen LogP contribution < -0.4 is 0 Å². The Labute approximate surface area is 97.8 Å². The van der Waals surface area contributed by atoms with Gasteiger partial charge < -0.3 is 5.11 Å². The van der Waals surface area contributed by atoms with Gasteiger partial charge in [0.25, 0.3) is 0 Å². The van der Waals surface area contributed by atoms with Gasteiger partial charge in [-0.25, -0.2) is 0 Å². The molecule has 0 bridgehead atoms. The minimum absolute atomic E-state index is 0.316. The predicted octanol–water partition coefficient (Wildman–Crippen LogP) is 2.22. The Morgan fingerprint density at radius 2 is 1.94 bits per heavy atom. The molecule has 1 heterocycles. The molecule has 0 spiro atoms. The van der Waals surface area contributed by atoms with Crippen LogP contribution in [0.3, 0.4) is 0 Å². The van der Waals surface area contributed by atoms with Gasteiger partial charge >= 0.3 is 5.97 Å². The summed E-state index contributed by atoms with van der Waals surface area (Å²) in [6.07, 6.45) is 2.80. The third kappa shape index (κ3) is 2.57. The molecule has 2 rings (SSSR count). The molecular formula is C13H23NO2. The highest BCUT2D eigenvalue weighted by atomic mass is 16.4. The van der Waals surface area contributed by atoms with Gasteiger partial charge in [0.05, 0.1) is 6.42 Å². The highest BCUT2D eigenvalue weighted by Gasteiger charge is 2.44. The Morgan fingerprint density at radius 3 is 2.31 bits per heavy atom. The lowest BCUT2D eigenvalue weighted by molar-refractivity contribution is -0.140. The summed E-state index contributed by atoms with van der Waals surface area (Å²) in [5, 5.41) is 8.93. The molecule has 1 unspecified atom stereocenters. The van der Waals surface area contributed by atoms with Crippen molar-refractivity contribution in [3.05, 3.63) is 0 Å². The van der Waals surface area contributed by atoms with Crippen molar-refractivity contribution in [1.29, 1.82) is 0 Å². The van der Waals surface area contributed by atoms with E-state index < -0.39 is 5.97 Å². The molecule has 92 valence electrons. The maximum Gasteiger partial charge on any atom is 0.304 e. The zero-order valence-corrected chi connectivity index (χ0v) is 10.6. The lowest BCUT2D eigenvalue weighted by Crippen LogP contribution is -2.57. The molecular weight excluding hydrogens is 202 g/mol. The number of hydrogen-bond acceptors (Lipinski definition) is 2. The highest BCUT2D eigenvalue weighted by molar-refractivity contribution is 5.67. The van der Waals surface area contributed by atoms with Crippen LogP contribution in [-0.2, 0) is 4.79 Å². The van der Waals surface area contributed by atoms with Crippen LogP contribution in [0.2, 0.25) is 0 Å². The predicted molar refractivity (Wildman–Crippen MR) is 63.3 cm³/mol. The summed E-state index contributed by atoms with van der Waals surface area (Å²) in [5.41, 5.74) is 0.369. The normalized spacial score (nSPS) is 25.2. The molecule has 0 amide bonds. The van der Waals surface area contributed by atoms with Gasteiger partial charge in [0.15, 0.2) is 0 Å². The van der Waals surface area contributed by atoms with Crippen molar-refractivity contribution in [3.8, 4) is 0 Å². The van der Waals surface area contributed by atoms with Gasteiger partial charge in [0.2, 0.25) is 0 Å². The van der Waals surface area contributed by atoms with E-state index in [2.05, 4.69) is 25.7 Å². The quantitative estimate of drug-likeness (QED) is 0.797. The third-order valence-electron chi connectivity index (χ3n) is 4.15. The van der Waals surface area contributed by atoms with E-state index >= 15 is 0 Å². The van der Waals surface area contributed by atoms with E-state index in [4.69, 9.17) is 5.11 Å². The molecule has 0 aromatic rings. The first-order valence-electron chi connectivity index (χ1n) is 6.34. The molecule has 3 heteroatoms. The molecule has 1 aliphatic carbocycles. The topological polar surface area (TPSA) is 40.5 Å². The van der Waals surface area contributed by atoms with Crippen molar-refractivity contribution < 1.29 is 9.90 Å². The SMILES string of the molecule is CC(C)(C)C1CN(C(CC(=O)O)C2CC2)C1. The summed E-state index contributed by atoms with van der Waals surface area (Å²) in [6, 6.07) is 0.316. The van der Waals surface area contributed by atoms with Crippen LogP contribution in [0.1, 0.15) is 40.0 Å². The Balaban J connectivity index is 1.86. The first kappa shape index (κ1) is 11.9. The number of carbonyl (C=O) groups is 1. The second kappa shape index (κ2) is 4.02. The molecule has 1 atom stereocenters. The molecule has 0 aromatic heterocycles. The van der Waals surface area contributed by atoms with Gasteiger partial charge in [-0.1, -0.05) is 20.8 Å². The fourth-order valence-electron chi connectivity index (χ4n) is 2.59. The second-order valence-electron chi connectivity index (χ2n) is 6.52. The highest BCUT2D eigenvalue weighted by Crippen LogP contribution is 2.42. The number of aliphatic carboxylic acids is 1. The summed E-state index contributed by atoms with van der Waals surface area (Å²) in [6.45, 7) is 9.02. The van der Waals surface area contributed by atoms with Crippen LogP contribution >= 0.6 is 0 Å². The third-order valence-corrected chi connectivity index (χ3v) is 4.15. The first-order valence-corrected chi connectivity index (χ1v) is 6.34. The molecule has 1 saturated carbocycles. The first-order chi connectivity index (χ1) is 7.38. The van der Waals surface area contributed by atoms with Crippen LogP contribution in [0.15, 0.2) is 0 Å². The van der Waals surface area contributed by atoms with Crippen molar-refractivity contribution in [2.24, 2.45) is 17.3 Å². The van der Waals surface area contributed by atoms with E-state index in [0.29, 0.717) is 23.8 Å². The maximum atomic E-state index is 10.8. The van der Waals surface area contributed by atoms with Crippen molar-refractivity contribution in [2.75, 3.05) is 13.1 Å². The van der Waals surface area contributed by atoms with E-state index in [1.165, 1.54) is 12.8 Å². The number of hydrogen-bond donors (Lipinski definition) is 1. The van der Waals surface area contributed by atoms with Gasteiger partial charge in [0, 0.05) is 19.1 Å². The Morgan fingerprint density at radius 1 is 1.38 bits per heavy atom. The Hall–Kier alpha value is -0.570. The Kier molecular flexibility index (Phi) is 2.99. The zero-order chi connectivity index (χ0) is 11.9. The summed E-state index contributed by atoms with van der Waals surface area (Å²) in [5.74, 6) is 0.760. The number of likely N-dealkylation sites (tertiary alicyclic amines) is 1. The average Bonchev–Trinajstić information content (AvgIpc) is 2.76. The van der Waals surface area contributed by atoms with E-state index in [-0.39, 0.29) is 0 Å². The van der Waals surface area contributed by atoms with Crippen molar-refractivity contribution in [2.45, 2.75) is 46.1 Å². The zero-order valence-electron chi connectivity index (χ0n) is 10.6. The maximum absolute atomic E-state index is 10.8. The largest absolute Gasteiger partial charge is 0.481 e. The summed E-state index contributed by atoms with van der Waals surface area (Å²) in [7, 11) is 0. The van der Waals surface area contributed by atoms with Crippen LogP contribution in [-0.4, -0.2) is 35.1 Å². The van der Waals surface area contributed by atoms with Gasteiger partial charge in [-0.05, 0) is 30.1 Å². The second-order valence-corrected chi connectivity index (χ2v) is 6.52. The lowest BCUT2D eigenvalue weighted by atomic mass is 9.75. The van der Waals surface area contributed by atoms with Crippen molar-refractivity contribution >= 4 is 5.97 Å². The standard InChI is InChI=1S/C13H23NO2/c1-13(2,3)10-7-14(8-10)11(6-12(15)16)9-4-5-9/h9-11H,4-8H2,1-3H3,(H,15,16). The number of nitrogens with zero attached hydrogens (tertiary/aromatic N) is 1. The van der Waals surface area contributed by atoms with Gasteiger partial charge in [-0.3, -0.25) is 9.69 Å². The molecule has 0 aromatic carbocycles. The molecule has 1 aliphatic heterocycles. The van der Waals surface area contributed by atoms with E-state index in [0.717, 1.165) is 19.0 Å². The molecule has 2 fully saturated rings. The number of rotatable bonds is 4. The molecule has 16 heavy (non-hydrogen) atoms. The van der Waals surface area contributed by atoms with Crippen LogP contribution in [0.25, 0.3) is 0 Å². The van der Waals surface area contributed by atoms with Crippen LogP contribution in [0.5, 0.6) is 0 Å². The fourth-order valence-corrected chi connectivity index (χ4v) is 2.59. The monoisotopic (exact) mass is 225 g/mol. The molecule has 2 aliphatic rings. The fraction of sp³-hybridized carbons (Fsp3) is 0.923. The minimum Gasteiger partial charge on any atom is -0.481 e. The van der Waals surface area contributed by atoms with Crippen LogP contribution in [0, 0.1) is 17.3 Å². The van der Waals surface area contributed by atoms with Crippen LogP contribution in [0.4, 0.5) is 0 Å². The molecule has 0 radical (unpaired) electrons. The van der Waals surface area contributed by atoms with E-state index in [9.17, 15) is 4.79 Å². The Bertz CT molecular complexity index is 272. The summed E-state index contributed by atoms with van der Waals surface area (Å²) >= 11 is 0. The van der Waals surface area contributed by atoms with Crippen molar-refractivity contribution in [3.63, 3.8) is 0 Å². The smallest absolute Gasteiger partial charge is 0.304 e. The van der Waals surface area contributed by atoms with E-state index in [1.807, 2.05) is 0 Å². The van der Waals surface area contributed by atoms with Gasteiger partial charge in [-0.2, -0.15) is 0 Å². The molecule has 1 saturated heterocycles. The average molecular weight is 225 g/mol. The van der Waals surface area contributed by atoms with Crippen molar-refractivity contribution in [1.82, 2.24) is 4.90 Å². The summed E-state index contributed by atoms with van der Waals surface area (Å²) in [4.78, 5) is 13.2. The van der Waals surface area contributed by atoms with Gasteiger partial charge in [-0.15, -0.1) is 0 Å². The summed E-state index contributed by atoms with van der Waals surface area (Å²) < 4.78 is 0. The minimum atomic E-state index is -0.642. The molecule has 1 N–H and O–H groups in total. The van der Waals surface area contributed by atoms with E-state index in [1.54, 1.807) is 0 Å². The number of carboxylic acids is 1. The van der Waals surface area contributed by atoms with Gasteiger partial charge in [0.1, 0.15) is 0 Å². The number of carboxylic acid groups (broad SMARTS) is 1.